The van der Waals surface area contributed by atoms with Gasteiger partial charge in [0.25, 0.3) is 0 Å². The summed E-state index contributed by atoms with van der Waals surface area (Å²) in [6, 6.07) is 1.99. The molecule has 0 spiro atoms. The van der Waals surface area contributed by atoms with Gasteiger partial charge in [-0.15, -0.1) is 11.3 Å². The van der Waals surface area contributed by atoms with Crippen LogP contribution in [0.15, 0.2) is 14.3 Å². The molecule has 1 rings (SSSR count). The van der Waals surface area contributed by atoms with E-state index < -0.39 is 5.97 Å². The van der Waals surface area contributed by atoms with E-state index in [1.807, 2.05) is 6.07 Å². The van der Waals surface area contributed by atoms with E-state index in [4.69, 9.17) is 5.11 Å². The second-order valence-corrected chi connectivity index (χ2v) is 6.21. The first-order valence-corrected chi connectivity index (χ1v) is 6.23. The topological polar surface area (TPSA) is 40.5 Å². The minimum Gasteiger partial charge on any atom is -0.480 e. The monoisotopic (exact) mass is 341 g/mol. The average molecular weight is 343 g/mol. The van der Waals surface area contributed by atoms with Crippen molar-refractivity contribution in [1.29, 1.82) is 0 Å². The van der Waals surface area contributed by atoms with Gasteiger partial charge in [-0.25, -0.2) is 0 Å². The molecule has 1 aromatic heterocycles. The zero-order valence-electron chi connectivity index (χ0n) is 7.46. The maximum Gasteiger partial charge on any atom is 0.317 e. The summed E-state index contributed by atoms with van der Waals surface area (Å²) >= 11 is 8.38. The van der Waals surface area contributed by atoms with E-state index in [-0.39, 0.29) is 6.54 Å². The molecule has 6 heteroatoms. The second kappa shape index (κ2) is 5.25. The number of likely N-dealkylation sites (N-methyl/N-ethyl adjacent to an activating group) is 1. The number of halogens is 2. The van der Waals surface area contributed by atoms with Crippen molar-refractivity contribution >= 4 is 49.2 Å². The molecular weight excluding hydrogens is 334 g/mol. The predicted molar refractivity (Wildman–Crippen MR) is 63.7 cm³/mol. The van der Waals surface area contributed by atoms with E-state index in [0.29, 0.717) is 6.54 Å². The molecular formula is C8H9Br2NO2S. The summed E-state index contributed by atoms with van der Waals surface area (Å²) < 4.78 is 2.05. The highest BCUT2D eigenvalue weighted by Crippen LogP contribution is 2.32. The lowest BCUT2D eigenvalue weighted by Crippen LogP contribution is -2.24. The van der Waals surface area contributed by atoms with E-state index in [9.17, 15) is 4.79 Å². The van der Waals surface area contributed by atoms with Gasteiger partial charge < -0.3 is 5.11 Å². The van der Waals surface area contributed by atoms with Gasteiger partial charge in [-0.2, -0.15) is 0 Å². The normalized spacial score (nSPS) is 10.9. The van der Waals surface area contributed by atoms with E-state index >= 15 is 0 Å². The van der Waals surface area contributed by atoms with E-state index in [0.717, 1.165) is 13.1 Å². The summed E-state index contributed by atoms with van der Waals surface area (Å²) in [5.41, 5.74) is 0. The van der Waals surface area contributed by atoms with Crippen LogP contribution in [0.4, 0.5) is 0 Å². The van der Waals surface area contributed by atoms with E-state index in [2.05, 4.69) is 31.9 Å². The lowest BCUT2D eigenvalue weighted by Gasteiger charge is -2.11. The molecule has 0 aromatic carbocycles. The second-order valence-electron chi connectivity index (χ2n) is 2.90. The van der Waals surface area contributed by atoms with Crippen LogP contribution in [0.2, 0.25) is 0 Å². The number of nitrogens with zero attached hydrogens (tertiary/aromatic N) is 1. The molecule has 0 aliphatic carbocycles. The first kappa shape index (κ1) is 12.2. The summed E-state index contributed by atoms with van der Waals surface area (Å²) in [7, 11) is 1.79. The third-order valence-electron chi connectivity index (χ3n) is 1.53. The van der Waals surface area contributed by atoms with Gasteiger partial charge in [0.2, 0.25) is 0 Å². The van der Waals surface area contributed by atoms with Crippen LogP contribution >= 0.6 is 43.2 Å². The maximum atomic E-state index is 10.4. The number of carbonyl (C=O) groups is 1. The Morgan fingerprint density at radius 2 is 2.29 bits per heavy atom. The summed E-state index contributed by atoms with van der Waals surface area (Å²) in [6.07, 6.45) is 0. The molecule has 1 N–H and O–H groups in total. The quantitative estimate of drug-likeness (QED) is 0.914. The van der Waals surface area contributed by atoms with Gasteiger partial charge in [-0.3, -0.25) is 9.69 Å². The third kappa shape index (κ3) is 3.68. The molecule has 0 saturated carbocycles. The van der Waals surface area contributed by atoms with Crippen LogP contribution in [0, 0.1) is 0 Å². The van der Waals surface area contributed by atoms with Crippen molar-refractivity contribution in [2.45, 2.75) is 6.54 Å². The largest absolute Gasteiger partial charge is 0.480 e. The number of thiophene rings is 1. The molecule has 0 aliphatic rings. The van der Waals surface area contributed by atoms with Crippen molar-refractivity contribution < 1.29 is 9.90 Å². The molecule has 0 fully saturated rings. The Balaban J connectivity index is 2.56. The van der Waals surface area contributed by atoms with Crippen LogP contribution in [0.3, 0.4) is 0 Å². The molecule has 0 atom stereocenters. The predicted octanol–water partition coefficient (Wildman–Crippen LogP) is 2.79. The van der Waals surface area contributed by atoms with E-state index in [1.54, 1.807) is 23.3 Å². The van der Waals surface area contributed by atoms with Crippen LogP contribution in [0.25, 0.3) is 0 Å². The fourth-order valence-corrected chi connectivity index (χ4v) is 3.28. The average Bonchev–Trinajstić information content (AvgIpc) is 2.28. The molecule has 0 radical (unpaired) electrons. The van der Waals surface area contributed by atoms with Gasteiger partial charge in [0.1, 0.15) is 0 Å². The molecule has 0 unspecified atom stereocenters. The number of rotatable bonds is 4. The zero-order chi connectivity index (χ0) is 10.7. The highest BCUT2D eigenvalue weighted by molar-refractivity contribution is 9.13. The van der Waals surface area contributed by atoms with Crippen LogP contribution < -0.4 is 0 Å². The molecule has 1 heterocycles. The molecule has 0 aliphatic heterocycles. The Hall–Kier alpha value is 0.0900. The van der Waals surface area contributed by atoms with E-state index in [1.165, 1.54) is 0 Å². The van der Waals surface area contributed by atoms with Gasteiger partial charge in [-0.1, -0.05) is 0 Å². The smallest absolute Gasteiger partial charge is 0.317 e. The Morgan fingerprint density at radius 3 is 2.71 bits per heavy atom. The summed E-state index contributed by atoms with van der Waals surface area (Å²) in [5, 5.41) is 8.56. The van der Waals surface area contributed by atoms with Gasteiger partial charge in [0, 0.05) is 15.9 Å². The van der Waals surface area contributed by atoms with Crippen molar-refractivity contribution in [3.8, 4) is 0 Å². The first-order chi connectivity index (χ1) is 6.49. The highest BCUT2D eigenvalue weighted by Gasteiger charge is 2.08. The molecule has 0 bridgehead atoms. The minimum absolute atomic E-state index is 0.0626. The number of hydrogen-bond donors (Lipinski definition) is 1. The van der Waals surface area contributed by atoms with Crippen molar-refractivity contribution in [2.24, 2.45) is 0 Å². The van der Waals surface area contributed by atoms with Crippen molar-refractivity contribution in [1.82, 2.24) is 4.90 Å². The number of hydrogen-bond acceptors (Lipinski definition) is 3. The lowest BCUT2D eigenvalue weighted by molar-refractivity contribution is -0.138. The molecule has 1 aromatic rings. The maximum absolute atomic E-state index is 10.4. The molecule has 78 valence electrons. The minimum atomic E-state index is -0.804. The SMILES string of the molecule is CN(CC(=O)O)Cc1cc(Br)c(Br)s1. The molecule has 0 saturated heterocycles. The Kier molecular flexibility index (Phi) is 4.56. The highest BCUT2D eigenvalue weighted by atomic mass is 79.9. The Morgan fingerprint density at radius 1 is 1.64 bits per heavy atom. The zero-order valence-corrected chi connectivity index (χ0v) is 11.4. The molecule has 0 amide bonds. The van der Waals surface area contributed by atoms with Crippen LogP contribution in [0.5, 0.6) is 0 Å². The summed E-state index contributed by atoms with van der Waals surface area (Å²) in [6.45, 7) is 0.717. The third-order valence-corrected chi connectivity index (χ3v) is 4.77. The van der Waals surface area contributed by atoms with Crippen molar-refractivity contribution in [3.63, 3.8) is 0 Å². The van der Waals surface area contributed by atoms with Crippen molar-refractivity contribution in [2.75, 3.05) is 13.6 Å². The van der Waals surface area contributed by atoms with Gasteiger partial charge >= 0.3 is 5.97 Å². The fourth-order valence-electron chi connectivity index (χ4n) is 1.02. The number of carboxylic acids is 1. The fraction of sp³-hybridized carbons (Fsp3) is 0.375. The first-order valence-electron chi connectivity index (χ1n) is 3.83. The van der Waals surface area contributed by atoms with Gasteiger partial charge in [0.05, 0.1) is 10.3 Å². The number of aliphatic carboxylic acids is 1. The Labute approximate surface area is 103 Å². The summed E-state index contributed by atoms with van der Waals surface area (Å²) in [4.78, 5) is 13.3. The van der Waals surface area contributed by atoms with Crippen LogP contribution in [-0.2, 0) is 11.3 Å². The van der Waals surface area contributed by atoms with Gasteiger partial charge in [0.15, 0.2) is 0 Å². The standard InChI is InChI=1S/C8H9Br2NO2S/c1-11(4-7(12)13)3-5-2-6(9)8(10)14-5/h2H,3-4H2,1H3,(H,12,13). The van der Waals surface area contributed by atoms with Crippen molar-refractivity contribution in [3.05, 3.63) is 19.2 Å². The Bertz CT molecular complexity index is 321. The molecule has 3 nitrogen and oxygen atoms in total. The van der Waals surface area contributed by atoms with Gasteiger partial charge in [-0.05, 0) is 45.0 Å². The molecule has 14 heavy (non-hydrogen) atoms. The number of carboxylic acid groups (broad SMARTS) is 1. The van der Waals surface area contributed by atoms with Crippen LogP contribution in [-0.4, -0.2) is 29.6 Å². The summed E-state index contributed by atoms with van der Waals surface area (Å²) in [5.74, 6) is -0.804. The van der Waals surface area contributed by atoms with Crippen LogP contribution in [0.1, 0.15) is 4.88 Å². The lowest BCUT2D eigenvalue weighted by atomic mass is 10.4.